The van der Waals surface area contributed by atoms with Crippen molar-refractivity contribution in [2.75, 3.05) is 58.8 Å². The fraction of sp³-hybridized carbons (Fsp3) is 0.588. The van der Waals surface area contributed by atoms with Gasteiger partial charge in [0.2, 0.25) is 5.91 Å². The van der Waals surface area contributed by atoms with E-state index in [0.29, 0.717) is 13.0 Å². The van der Waals surface area contributed by atoms with E-state index in [4.69, 9.17) is 9.47 Å². The van der Waals surface area contributed by atoms with Gasteiger partial charge >= 0.3 is 0 Å². The Morgan fingerprint density at radius 1 is 1.17 bits per heavy atom. The second kappa shape index (κ2) is 8.62. The Hall–Kier alpha value is -1.95. The molecule has 0 radical (unpaired) electrons. The number of benzene rings is 1. The number of hydrogen-bond acceptors (Lipinski definition) is 5. The van der Waals surface area contributed by atoms with Crippen LogP contribution in [0.5, 0.6) is 11.5 Å². The quantitative estimate of drug-likeness (QED) is 0.828. The van der Waals surface area contributed by atoms with Gasteiger partial charge in [0.15, 0.2) is 0 Å². The molecule has 0 atom stereocenters. The highest BCUT2D eigenvalue weighted by Crippen LogP contribution is 2.28. The number of hydrogen-bond donors (Lipinski definition) is 1. The first-order valence-electron chi connectivity index (χ1n) is 8.14. The minimum atomic E-state index is 0.204. The molecular formula is C17H27N3O3. The number of piperazine rings is 1. The van der Waals surface area contributed by atoms with Crippen LogP contribution in [-0.4, -0.2) is 69.2 Å². The van der Waals surface area contributed by atoms with Crippen molar-refractivity contribution in [2.45, 2.75) is 13.3 Å². The van der Waals surface area contributed by atoms with E-state index >= 15 is 0 Å². The van der Waals surface area contributed by atoms with Crippen molar-refractivity contribution in [3.8, 4) is 11.5 Å². The Bertz CT molecular complexity index is 514. The van der Waals surface area contributed by atoms with Crippen LogP contribution in [-0.2, 0) is 4.79 Å². The van der Waals surface area contributed by atoms with Gasteiger partial charge in [-0.15, -0.1) is 0 Å². The number of methoxy groups -OCH3 is 2. The minimum Gasteiger partial charge on any atom is -0.497 e. The summed E-state index contributed by atoms with van der Waals surface area (Å²) in [4.78, 5) is 16.6. The average Bonchev–Trinajstić information content (AvgIpc) is 2.61. The van der Waals surface area contributed by atoms with Crippen molar-refractivity contribution in [1.29, 1.82) is 0 Å². The first-order chi connectivity index (χ1) is 11.2. The zero-order valence-electron chi connectivity index (χ0n) is 14.3. The molecule has 0 spiro atoms. The average molecular weight is 321 g/mol. The summed E-state index contributed by atoms with van der Waals surface area (Å²) < 4.78 is 10.5. The van der Waals surface area contributed by atoms with Gasteiger partial charge in [0.25, 0.3) is 0 Å². The van der Waals surface area contributed by atoms with Crippen molar-refractivity contribution >= 4 is 11.6 Å². The molecule has 1 aromatic rings. The SMILES string of the molecule is CCN1CCN(C(=O)CCNc2cc(OC)ccc2OC)CC1. The number of amides is 1. The molecule has 1 saturated heterocycles. The third-order valence-corrected chi connectivity index (χ3v) is 4.23. The molecule has 1 aliphatic heterocycles. The number of ether oxygens (including phenoxy) is 2. The molecule has 0 aliphatic carbocycles. The lowest BCUT2D eigenvalue weighted by Gasteiger charge is -2.34. The second-order valence-corrected chi connectivity index (χ2v) is 5.56. The third-order valence-electron chi connectivity index (χ3n) is 4.23. The Labute approximate surface area is 138 Å². The van der Waals surface area contributed by atoms with Gasteiger partial charge in [-0.3, -0.25) is 4.79 Å². The van der Waals surface area contributed by atoms with Gasteiger partial charge in [-0.25, -0.2) is 0 Å². The number of carbonyl (C=O) groups excluding carboxylic acids is 1. The normalized spacial score (nSPS) is 15.3. The van der Waals surface area contributed by atoms with Crippen LogP contribution in [0.3, 0.4) is 0 Å². The molecule has 0 bridgehead atoms. The Balaban J connectivity index is 1.81. The fourth-order valence-electron chi connectivity index (χ4n) is 2.73. The number of carbonyl (C=O) groups is 1. The summed E-state index contributed by atoms with van der Waals surface area (Å²) in [6.07, 6.45) is 0.479. The van der Waals surface area contributed by atoms with Gasteiger partial charge in [-0.1, -0.05) is 6.92 Å². The molecule has 6 nitrogen and oxygen atoms in total. The molecule has 1 aliphatic rings. The lowest BCUT2D eigenvalue weighted by atomic mass is 10.2. The van der Waals surface area contributed by atoms with E-state index in [2.05, 4.69) is 17.1 Å². The second-order valence-electron chi connectivity index (χ2n) is 5.56. The molecule has 0 unspecified atom stereocenters. The summed E-state index contributed by atoms with van der Waals surface area (Å²) >= 11 is 0. The maximum atomic E-state index is 12.3. The molecule has 1 N–H and O–H groups in total. The molecule has 1 fully saturated rings. The van der Waals surface area contributed by atoms with Crippen molar-refractivity contribution in [3.05, 3.63) is 18.2 Å². The smallest absolute Gasteiger partial charge is 0.224 e. The van der Waals surface area contributed by atoms with Crippen LogP contribution >= 0.6 is 0 Å². The monoisotopic (exact) mass is 321 g/mol. The number of nitrogens with one attached hydrogen (secondary N) is 1. The van der Waals surface area contributed by atoms with E-state index in [9.17, 15) is 4.79 Å². The minimum absolute atomic E-state index is 0.204. The first-order valence-corrected chi connectivity index (χ1v) is 8.14. The first kappa shape index (κ1) is 17.4. The molecule has 1 aromatic carbocycles. The van der Waals surface area contributed by atoms with Crippen molar-refractivity contribution < 1.29 is 14.3 Å². The van der Waals surface area contributed by atoms with Crippen LogP contribution in [0, 0.1) is 0 Å². The van der Waals surface area contributed by atoms with Crippen LogP contribution in [0.25, 0.3) is 0 Å². The lowest BCUT2D eigenvalue weighted by Crippen LogP contribution is -2.48. The summed E-state index contributed by atoms with van der Waals surface area (Å²) in [5, 5.41) is 3.27. The van der Waals surface area contributed by atoms with E-state index in [0.717, 1.165) is 49.9 Å². The number of rotatable bonds is 7. The van der Waals surface area contributed by atoms with Crippen molar-refractivity contribution in [2.24, 2.45) is 0 Å². The zero-order chi connectivity index (χ0) is 16.7. The summed E-state index contributed by atoms with van der Waals surface area (Å²) in [5.41, 5.74) is 0.843. The Morgan fingerprint density at radius 2 is 1.91 bits per heavy atom. The highest BCUT2D eigenvalue weighted by Gasteiger charge is 2.19. The lowest BCUT2D eigenvalue weighted by molar-refractivity contribution is -0.132. The summed E-state index contributed by atoms with van der Waals surface area (Å²) in [5.74, 6) is 1.71. The molecule has 128 valence electrons. The predicted octanol–water partition coefficient (Wildman–Crippen LogP) is 1.67. The van der Waals surface area contributed by atoms with E-state index in [1.807, 2.05) is 23.1 Å². The summed E-state index contributed by atoms with van der Waals surface area (Å²) in [6, 6.07) is 5.58. The molecule has 0 aromatic heterocycles. The molecule has 6 heteroatoms. The van der Waals surface area contributed by atoms with Gasteiger partial charge in [-0.05, 0) is 18.7 Å². The van der Waals surface area contributed by atoms with E-state index in [1.165, 1.54) is 0 Å². The predicted molar refractivity (Wildman–Crippen MR) is 91.3 cm³/mol. The summed E-state index contributed by atoms with van der Waals surface area (Å²) in [6.45, 7) is 7.39. The highest BCUT2D eigenvalue weighted by molar-refractivity contribution is 5.77. The standard InChI is InChI=1S/C17H27N3O3/c1-4-19-9-11-20(12-10-19)17(21)7-8-18-15-13-14(22-2)5-6-16(15)23-3/h5-6,13,18H,4,7-12H2,1-3H3. The molecule has 23 heavy (non-hydrogen) atoms. The number of likely N-dealkylation sites (N-methyl/N-ethyl adjacent to an activating group) is 1. The van der Waals surface area contributed by atoms with Crippen LogP contribution in [0.4, 0.5) is 5.69 Å². The molecular weight excluding hydrogens is 294 g/mol. The third kappa shape index (κ3) is 4.76. The fourth-order valence-corrected chi connectivity index (χ4v) is 2.73. The maximum absolute atomic E-state index is 12.3. The van der Waals surface area contributed by atoms with Gasteiger partial charge in [-0.2, -0.15) is 0 Å². The van der Waals surface area contributed by atoms with Gasteiger partial charge in [0, 0.05) is 45.2 Å². The maximum Gasteiger partial charge on any atom is 0.224 e. The van der Waals surface area contributed by atoms with Crippen LogP contribution in [0.15, 0.2) is 18.2 Å². The molecule has 2 rings (SSSR count). The Morgan fingerprint density at radius 3 is 2.52 bits per heavy atom. The van der Waals surface area contributed by atoms with E-state index < -0.39 is 0 Å². The van der Waals surface area contributed by atoms with Crippen LogP contribution in [0.1, 0.15) is 13.3 Å². The van der Waals surface area contributed by atoms with Gasteiger partial charge in [0.05, 0.1) is 19.9 Å². The van der Waals surface area contributed by atoms with E-state index in [1.54, 1.807) is 14.2 Å². The Kier molecular flexibility index (Phi) is 6.52. The molecule has 0 saturated carbocycles. The molecule has 1 amide bonds. The van der Waals surface area contributed by atoms with E-state index in [-0.39, 0.29) is 5.91 Å². The van der Waals surface area contributed by atoms with Gasteiger partial charge < -0.3 is 24.6 Å². The number of anilines is 1. The summed E-state index contributed by atoms with van der Waals surface area (Å²) in [7, 11) is 3.26. The van der Waals surface area contributed by atoms with Crippen molar-refractivity contribution in [3.63, 3.8) is 0 Å². The highest BCUT2D eigenvalue weighted by atomic mass is 16.5. The zero-order valence-corrected chi connectivity index (χ0v) is 14.3. The largest absolute Gasteiger partial charge is 0.497 e. The van der Waals surface area contributed by atoms with Crippen LogP contribution in [0.2, 0.25) is 0 Å². The topological polar surface area (TPSA) is 54.0 Å². The number of nitrogens with zero attached hydrogens (tertiary/aromatic N) is 2. The molecule has 1 heterocycles. The van der Waals surface area contributed by atoms with Crippen LogP contribution < -0.4 is 14.8 Å². The van der Waals surface area contributed by atoms with Crippen molar-refractivity contribution in [1.82, 2.24) is 9.80 Å². The van der Waals surface area contributed by atoms with Gasteiger partial charge in [0.1, 0.15) is 11.5 Å².